The minimum Gasteiger partial charge on any atom is -0.348 e. The van der Waals surface area contributed by atoms with Gasteiger partial charge in [0, 0.05) is 27.8 Å². The number of nitrogens with one attached hydrogen (secondary N) is 2. The van der Waals surface area contributed by atoms with Crippen LogP contribution in [0.5, 0.6) is 0 Å². The molecule has 3 rings (SSSR count). The Morgan fingerprint density at radius 1 is 0.900 bits per heavy atom. The highest BCUT2D eigenvalue weighted by molar-refractivity contribution is 7.92. The first-order chi connectivity index (χ1) is 14.2. The Hall–Kier alpha value is -2.25. The van der Waals surface area contributed by atoms with Crippen molar-refractivity contribution in [3.05, 3.63) is 92.4 Å². The standard InChI is InChI=1S/C21H17Cl3N2O3S/c1-13-2-7-17(8-3-13)26-30(28,29)20-10-14(5-9-18(20)23)21(27)25-12-15-4-6-16(22)11-19(15)24/h2-11,26H,12H2,1H3,(H,25,27). The maximum Gasteiger partial charge on any atom is 0.263 e. The molecule has 0 heterocycles. The molecule has 9 heteroatoms. The number of benzene rings is 3. The first-order valence-corrected chi connectivity index (χ1v) is 11.4. The summed E-state index contributed by atoms with van der Waals surface area (Å²) in [5.41, 5.74) is 2.21. The molecule has 2 N–H and O–H groups in total. The van der Waals surface area contributed by atoms with Gasteiger partial charge in [0.1, 0.15) is 4.90 Å². The molecule has 5 nitrogen and oxygen atoms in total. The first kappa shape index (κ1) is 22.4. The van der Waals surface area contributed by atoms with E-state index in [1.165, 1.54) is 18.2 Å². The number of amides is 1. The van der Waals surface area contributed by atoms with Gasteiger partial charge in [-0.05, 0) is 55.0 Å². The molecule has 0 atom stereocenters. The molecule has 0 spiro atoms. The third kappa shape index (κ3) is 5.46. The highest BCUT2D eigenvalue weighted by Gasteiger charge is 2.20. The second kappa shape index (κ2) is 9.27. The Morgan fingerprint density at radius 2 is 1.60 bits per heavy atom. The molecule has 0 aliphatic rings. The topological polar surface area (TPSA) is 75.3 Å². The van der Waals surface area contributed by atoms with E-state index >= 15 is 0 Å². The Bertz CT molecular complexity index is 1200. The van der Waals surface area contributed by atoms with Crippen molar-refractivity contribution in [2.75, 3.05) is 4.72 Å². The van der Waals surface area contributed by atoms with Gasteiger partial charge in [0.2, 0.25) is 0 Å². The quantitative estimate of drug-likeness (QED) is 0.473. The second-order valence-electron chi connectivity index (χ2n) is 6.54. The fourth-order valence-corrected chi connectivity index (χ4v) is 4.69. The Balaban J connectivity index is 1.79. The van der Waals surface area contributed by atoms with Gasteiger partial charge >= 0.3 is 0 Å². The van der Waals surface area contributed by atoms with Gasteiger partial charge in [-0.25, -0.2) is 8.42 Å². The molecule has 0 aromatic heterocycles. The van der Waals surface area contributed by atoms with Crippen molar-refractivity contribution in [3.8, 4) is 0 Å². The maximum atomic E-state index is 12.8. The van der Waals surface area contributed by atoms with Crippen LogP contribution in [0.15, 0.2) is 65.6 Å². The number of aryl methyl sites for hydroxylation is 1. The average Bonchev–Trinajstić information content (AvgIpc) is 2.69. The van der Waals surface area contributed by atoms with Crippen molar-refractivity contribution in [1.82, 2.24) is 5.32 Å². The van der Waals surface area contributed by atoms with Crippen LogP contribution in [0.4, 0.5) is 5.69 Å². The molecule has 3 aromatic rings. The van der Waals surface area contributed by atoms with E-state index in [0.29, 0.717) is 21.3 Å². The van der Waals surface area contributed by atoms with Gasteiger partial charge in [-0.1, -0.05) is 58.6 Å². The molecule has 0 fully saturated rings. The van der Waals surface area contributed by atoms with Crippen LogP contribution in [0.3, 0.4) is 0 Å². The van der Waals surface area contributed by atoms with Gasteiger partial charge in [0.25, 0.3) is 15.9 Å². The van der Waals surface area contributed by atoms with Crippen LogP contribution in [0, 0.1) is 6.92 Å². The molecule has 1 amide bonds. The summed E-state index contributed by atoms with van der Waals surface area (Å²) in [5.74, 6) is -0.468. The van der Waals surface area contributed by atoms with E-state index in [2.05, 4.69) is 10.0 Å². The van der Waals surface area contributed by atoms with E-state index in [4.69, 9.17) is 34.8 Å². The van der Waals surface area contributed by atoms with Crippen molar-refractivity contribution in [1.29, 1.82) is 0 Å². The molecular weight excluding hydrogens is 467 g/mol. The van der Waals surface area contributed by atoms with Crippen LogP contribution in [-0.2, 0) is 16.6 Å². The van der Waals surface area contributed by atoms with Crippen molar-refractivity contribution < 1.29 is 13.2 Å². The van der Waals surface area contributed by atoms with E-state index in [1.807, 2.05) is 6.92 Å². The van der Waals surface area contributed by atoms with Gasteiger partial charge in [-0.15, -0.1) is 0 Å². The lowest BCUT2D eigenvalue weighted by atomic mass is 10.2. The number of anilines is 1. The van der Waals surface area contributed by atoms with Gasteiger partial charge < -0.3 is 5.32 Å². The Morgan fingerprint density at radius 3 is 2.27 bits per heavy atom. The molecule has 156 valence electrons. The fourth-order valence-electron chi connectivity index (χ4n) is 2.62. The van der Waals surface area contributed by atoms with Gasteiger partial charge in [-0.3, -0.25) is 9.52 Å². The van der Waals surface area contributed by atoms with E-state index in [-0.39, 0.29) is 22.0 Å². The fraction of sp³-hybridized carbons (Fsp3) is 0.0952. The van der Waals surface area contributed by atoms with Crippen molar-refractivity contribution >= 4 is 56.4 Å². The predicted molar refractivity (Wildman–Crippen MR) is 121 cm³/mol. The van der Waals surface area contributed by atoms with Crippen molar-refractivity contribution in [3.63, 3.8) is 0 Å². The van der Waals surface area contributed by atoms with Crippen LogP contribution in [-0.4, -0.2) is 14.3 Å². The highest BCUT2D eigenvalue weighted by Crippen LogP contribution is 2.26. The molecule has 0 radical (unpaired) electrons. The summed E-state index contributed by atoms with van der Waals surface area (Å²) in [6.07, 6.45) is 0. The molecular formula is C21H17Cl3N2O3S. The van der Waals surface area contributed by atoms with Gasteiger partial charge in [-0.2, -0.15) is 0 Å². The monoisotopic (exact) mass is 482 g/mol. The Labute approximate surface area is 190 Å². The van der Waals surface area contributed by atoms with E-state index in [9.17, 15) is 13.2 Å². The number of rotatable bonds is 6. The summed E-state index contributed by atoms with van der Waals surface area (Å²) in [5, 5.41) is 3.62. The molecule has 0 bridgehead atoms. The van der Waals surface area contributed by atoms with Crippen molar-refractivity contribution in [2.24, 2.45) is 0 Å². The van der Waals surface area contributed by atoms with E-state index in [0.717, 1.165) is 5.56 Å². The smallest absolute Gasteiger partial charge is 0.263 e. The number of hydrogen-bond donors (Lipinski definition) is 2. The third-order valence-electron chi connectivity index (χ3n) is 4.24. The molecule has 0 unspecified atom stereocenters. The summed E-state index contributed by atoms with van der Waals surface area (Å²) < 4.78 is 28.0. The molecule has 3 aromatic carbocycles. The summed E-state index contributed by atoms with van der Waals surface area (Å²) in [6, 6.07) is 15.9. The van der Waals surface area contributed by atoms with Crippen molar-refractivity contribution in [2.45, 2.75) is 18.4 Å². The van der Waals surface area contributed by atoms with E-state index in [1.54, 1.807) is 42.5 Å². The minimum atomic E-state index is -3.99. The highest BCUT2D eigenvalue weighted by atomic mass is 35.5. The molecule has 30 heavy (non-hydrogen) atoms. The summed E-state index contributed by atoms with van der Waals surface area (Å²) in [4.78, 5) is 12.4. The lowest BCUT2D eigenvalue weighted by molar-refractivity contribution is 0.0950. The summed E-state index contributed by atoms with van der Waals surface area (Å²) in [7, 11) is -3.99. The third-order valence-corrected chi connectivity index (χ3v) is 6.69. The van der Waals surface area contributed by atoms with Gasteiger partial charge in [0.15, 0.2) is 0 Å². The molecule has 0 saturated carbocycles. The zero-order valence-electron chi connectivity index (χ0n) is 15.7. The Kier molecular flexibility index (Phi) is 6.93. The van der Waals surface area contributed by atoms with Crippen LogP contribution >= 0.6 is 34.8 Å². The molecule has 0 aliphatic heterocycles. The normalized spacial score (nSPS) is 11.2. The van der Waals surface area contributed by atoms with Crippen LogP contribution in [0.25, 0.3) is 0 Å². The van der Waals surface area contributed by atoms with Crippen LogP contribution in [0.1, 0.15) is 21.5 Å². The molecule has 0 saturated heterocycles. The SMILES string of the molecule is Cc1ccc(NS(=O)(=O)c2cc(C(=O)NCc3ccc(Cl)cc3Cl)ccc2Cl)cc1. The zero-order valence-corrected chi connectivity index (χ0v) is 18.8. The van der Waals surface area contributed by atoms with Crippen LogP contribution in [0.2, 0.25) is 15.1 Å². The average molecular weight is 484 g/mol. The predicted octanol–water partition coefficient (Wildman–Crippen LogP) is 5.69. The van der Waals surface area contributed by atoms with Crippen LogP contribution < -0.4 is 10.0 Å². The largest absolute Gasteiger partial charge is 0.348 e. The number of sulfonamides is 1. The van der Waals surface area contributed by atoms with E-state index < -0.39 is 15.9 Å². The second-order valence-corrected chi connectivity index (χ2v) is 9.44. The first-order valence-electron chi connectivity index (χ1n) is 8.77. The minimum absolute atomic E-state index is 0.00640. The summed E-state index contributed by atoms with van der Waals surface area (Å²) in [6.45, 7) is 2.05. The lowest BCUT2D eigenvalue weighted by Crippen LogP contribution is -2.23. The van der Waals surface area contributed by atoms with Gasteiger partial charge in [0.05, 0.1) is 5.02 Å². The number of carbonyl (C=O) groups is 1. The maximum absolute atomic E-state index is 12.8. The number of halogens is 3. The summed E-state index contributed by atoms with van der Waals surface area (Å²) >= 11 is 18.1. The lowest BCUT2D eigenvalue weighted by Gasteiger charge is -2.12. The zero-order chi connectivity index (χ0) is 21.9. The number of carbonyl (C=O) groups excluding carboxylic acids is 1. The number of hydrogen-bond acceptors (Lipinski definition) is 3. The molecule has 0 aliphatic carbocycles.